The Hall–Kier alpha value is -8.07. The van der Waals surface area contributed by atoms with Gasteiger partial charge in [-0.05, 0) is 64.1 Å². The van der Waals surface area contributed by atoms with Crippen LogP contribution in [0.4, 0.5) is 0 Å². The number of aromatic nitrogens is 7. The van der Waals surface area contributed by atoms with Gasteiger partial charge in [0.2, 0.25) is 8.07 Å². The Morgan fingerprint density at radius 3 is 1.21 bits per heavy atom. The van der Waals surface area contributed by atoms with Crippen LogP contribution in [0.1, 0.15) is 0 Å². The zero-order valence-electron chi connectivity index (χ0n) is 33.0. The maximum atomic E-state index is 5.61. The van der Waals surface area contributed by atoms with Crippen LogP contribution in [0.5, 0.6) is 0 Å². The Morgan fingerprint density at radius 1 is 0.279 bits per heavy atom. The lowest BCUT2D eigenvalue weighted by Crippen LogP contribution is -2.75. The summed E-state index contributed by atoms with van der Waals surface area (Å²) in [7, 11) is -3.18. The summed E-state index contributed by atoms with van der Waals surface area (Å²) in [5.41, 5.74) is 8.62. The molecule has 5 aromatic carbocycles. The van der Waals surface area contributed by atoms with E-state index in [1.807, 2.05) is 91.3 Å². The molecule has 10 rings (SSSR count). The van der Waals surface area contributed by atoms with Crippen molar-refractivity contribution in [3.8, 4) is 67.9 Å². The average Bonchev–Trinajstić information content (AvgIpc) is 3.36. The average molecular weight is 800 g/mol. The maximum Gasteiger partial charge on any atom is 0.201 e. The Bertz CT molecular complexity index is 2740. The Kier molecular flexibility index (Phi) is 10.2. The molecule has 0 atom stereocenters. The number of hydrogen-bond acceptors (Lipinski definition) is 7. The van der Waals surface area contributed by atoms with Crippen molar-refractivity contribution in [2.45, 2.75) is 0 Å². The summed E-state index contributed by atoms with van der Waals surface area (Å²) >= 11 is 0. The van der Waals surface area contributed by atoms with Gasteiger partial charge in [0.25, 0.3) is 0 Å². The standard InChI is InChI=1S/C53H37N7Si/c1-5-17-38(18-6-1)47-34-49(41-22-15-31-54-36-41)58-52(57-47)40-21-13-28-45(33-40)61(43-24-9-3-10-25-43,44-26-11-4-12-27-44)51-30-14-29-46(56-51)53-59-48(39-19-7-2-8-20-39)35-50(60-53)42-23-16-32-55-37-42/h1-37H. The van der Waals surface area contributed by atoms with Gasteiger partial charge in [-0.25, -0.2) is 19.9 Å². The number of hydrogen-bond donors (Lipinski definition) is 0. The molecule has 0 aliphatic carbocycles. The lowest BCUT2D eigenvalue weighted by molar-refractivity contribution is 1.15. The van der Waals surface area contributed by atoms with Crippen molar-refractivity contribution >= 4 is 29.0 Å². The molecule has 0 saturated carbocycles. The van der Waals surface area contributed by atoms with Gasteiger partial charge in [0, 0.05) is 57.9 Å². The second kappa shape index (κ2) is 16.7. The van der Waals surface area contributed by atoms with Crippen LogP contribution in [0, 0.1) is 0 Å². The van der Waals surface area contributed by atoms with E-state index in [0.717, 1.165) is 61.1 Å². The number of pyridine rings is 3. The normalized spacial score (nSPS) is 11.3. The van der Waals surface area contributed by atoms with E-state index in [-0.39, 0.29) is 0 Å². The molecule has 61 heavy (non-hydrogen) atoms. The summed E-state index contributed by atoms with van der Waals surface area (Å²) in [6.45, 7) is 0. The van der Waals surface area contributed by atoms with E-state index in [0.29, 0.717) is 17.3 Å². The highest BCUT2D eigenvalue weighted by atomic mass is 28.3. The van der Waals surface area contributed by atoms with Gasteiger partial charge >= 0.3 is 0 Å². The van der Waals surface area contributed by atoms with Gasteiger partial charge < -0.3 is 0 Å². The molecule has 7 nitrogen and oxygen atoms in total. The predicted molar refractivity (Wildman–Crippen MR) is 247 cm³/mol. The van der Waals surface area contributed by atoms with Crippen LogP contribution in [0.25, 0.3) is 67.9 Å². The molecule has 0 aliphatic heterocycles. The molecule has 0 fully saturated rings. The summed E-state index contributed by atoms with van der Waals surface area (Å²) in [5.74, 6) is 1.16. The first-order chi connectivity index (χ1) is 30.2. The molecule has 0 amide bonds. The molecule has 0 spiro atoms. The quantitative estimate of drug-likeness (QED) is 0.101. The summed E-state index contributed by atoms with van der Waals surface area (Å²) in [5, 5.41) is 4.46. The van der Waals surface area contributed by atoms with E-state index in [1.54, 1.807) is 12.4 Å². The monoisotopic (exact) mass is 799 g/mol. The molecule has 0 saturated heterocycles. The topological polar surface area (TPSA) is 90.2 Å². The third-order valence-electron chi connectivity index (χ3n) is 10.8. The molecular formula is C53H37N7Si. The molecule has 5 heterocycles. The first-order valence-corrected chi connectivity index (χ1v) is 22.1. The zero-order chi connectivity index (χ0) is 40.9. The van der Waals surface area contributed by atoms with Crippen LogP contribution in [-0.2, 0) is 0 Å². The largest absolute Gasteiger partial charge is 0.264 e. The van der Waals surface area contributed by atoms with Crippen molar-refractivity contribution in [2.24, 2.45) is 0 Å². The smallest absolute Gasteiger partial charge is 0.201 e. The molecule has 288 valence electrons. The van der Waals surface area contributed by atoms with Crippen molar-refractivity contribution in [2.75, 3.05) is 0 Å². The first kappa shape index (κ1) is 37.2. The fraction of sp³-hybridized carbons (Fsp3) is 0. The van der Waals surface area contributed by atoms with Gasteiger partial charge in [-0.2, -0.15) is 0 Å². The van der Waals surface area contributed by atoms with Gasteiger partial charge in [0.05, 0.1) is 22.8 Å². The highest BCUT2D eigenvalue weighted by Crippen LogP contribution is 2.29. The summed E-state index contributed by atoms with van der Waals surface area (Å²) < 4.78 is 0. The van der Waals surface area contributed by atoms with Crippen LogP contribution in [0.2, 0.25) is 0 Å². The lowest BCUT2D eigenvalue weighted by Gasteiger charge is -2.33. The Balaban J connectivity index is 1.20. The first-order valence-electron chi connectivity index (χ1n) is 20.1. The fourth-order valence-electron chi connectivity index (χ4n) is 7.96. The minimum Gasteiger partial charge on any atom is -0.264 e. The summed E-state index contributed by atoms with van der Waals surface area (Å²) in [6, 6.07) is 68.9. The van der Waals surface area contributed by atoms with Crippen LogP contribution in [0.15, 0.2) is 225 Å². The van der Waals surface area contributed by atoms with E-state index in [4.69, 9.17) is 24.9 Å². The van der Waals surface area contributed by atoms with Crippen LogP contribution in [-0.4, -0.2) is 43.0 Å². The van der Waals surface area contributed by atoms with Crippen LogP contribution < -0.4 is 20.9 Å². The summed E-state index contributed by atoms with van der Waals surface area (Å²) in [6.07, 6.45) is 7.23. The lowest BCUT2D eigenvalue weighted by atomic mass is 10.1. The highest BCUT2D eigenvalue weighted by molar-refractivity contribution is 7.19. The van der Waals surface area contributed by atoms with Gasteiger partial charge in [0.1, 0.15) is 5.69 Å². The number of rotatable bonds is 10. The molecule has 0 radical (unpaired) electrons. The summed E-state index contributed by atoms with van der Waals surface area (Å²) in [4.78, 5) is 35.1. The number of benzene rings is 5. The predicted octanol–water partition coefficient (Wildman–Crippen LogP) is 8.83. The molecule has 0 aliphatic rings. The Morgan fingerprint density at radius 2 is 0.705 bits per heavy atom. The molecule has 0 N–H and O–H groups in total. The molecule has 10 aromatic rings. The minimum absolute atomic E-state index is 0.536. The molecule has 0 unspecified atom stereocenters. The SMILES string of the molecule is c1ccc(-c2cc(-c3cccnc3)nc(-c3cccc([Si](c4ccccc4)(c4ccccc4)c4cccc(-c5nc(-c6ccccc6)cc(-c6cccnc6)n5)n4)c3)n2)cc1. The van der Waals surface area contributed by atoms with E-state index >= 15 is 0 Å². The third kappa shape index (κ3) is 7.44. The van der Waals surface area contributed by atoms with Crippen molar-refractivity contribution < 1.29 is 0 Å². The van der Waals surface area contributed by atoms with Crippen molar-refractivity contribution in [3.05, 3.63) is 225 Å². The highest BCUT2D eigenvalue weighted by Gasteiger charge is 2.43. The molecule has 5 aromatic heterocycles. The maximum absolute atomic E-state index is 5.61. The second-order valence-electron chi connectivity index (χ2n) is 14.6. The zero-order valence-corrected chi connectivity index (χ0v) is 34.0. The van der Waals surface area contributed by atoms with Gasteiger partial charge in [0.15, 0.2) is 11.6 Å². The Labute approximate surface area is 355 Å². The van der Waals surface area contributed by atoms with Crippen LogP contribution in [0.3, 0.4) is 0 Å². The van der Waals surface area contributed by atoms with Gasteiger partial charge in [-0.3, -0.25) is 15.0 Å². The van der Waals surface area contributed by atoms with Crippen LogP contribution >= 0.6 is 0 Å². The number of nitrogens with zero attached hydrogens (tertiary/aromatic N) is 7. The van der Waals surface area contributed by atoms with E-state index in [2.05, 4.69) is 131 Å². The van der Waals surface area contributed by atoms with Crippen molar-refractivity contribution in [1.82, 2.24) is 34.9 Å². The fourth-order valence-corrected chi connectivity index (χ4v) is 12.6. The molecule has 8 heteroatoms. The second-order valence-corrected chi connectivity index (χ2v) is 18.4. The van der Waals surface area contributed by atoms with Gasteiger partial charge in [-0.1, -0.05) is 152 Å². The molecule has 0 bridgehead atoms. The van der Waals surface area contributed by atoms with Crippen molar-refractivity contribution in [3.63, 3.8) is 0 Å². The van der Waals surface area contributed by atoms with Crippen molar-refractivity contribution in [1.29, 1.82) is 0 Å². The minimum atomic E-state index is -3.18. The van der Waals surface area contributed by atoms with Gasteiger partial charge in [-0.15, -0.1) is 0 Å². The molecular weight excluding hydrogens is 763 g/mol. The third-order valence-corrected chi connectivity index (χ3v) is 15.5. The van der Waals surface area contributed by atoms with E-state index in [1.165, 1.54) is 10.4 Å². The van der Waals surface area contributed by atoms with E-state index < -0.39 is 8.07 Å². The van der Waals surface area contributed by atoms with E-state index in [9.17, 15) is 0 Å².